The van der Waals surface area contributed by atoms with Gasteiger partial charge in [-0.15, -0.1) is 0 Å². The summed E-state index contributed by atoms with van der Waals surface area (Å²) < 4.78 is 10.9. The van der Waals surface area contributed by atoms with E-state index in [0.29, 0.717) is 50.6 Å². The van der Waals surface area contributed by atoms with Gasteiger partial charge in [-0.1, -0.05) is 6.07 Å². The SMILES string of the molecule is O=C(Nc1cccc(C(=O)N2CCN(C(=O)C3CCCO3)CC2)c1)C1CCCO1. The van der Waals surface area contributed by atoms with Crippen molar-refractivity contribution in [2.24, 2.45) is 0 Å². The lowest BCUT2D eigenvalue weighted by Gasteiger charge is -2.35. The molecule has 0 radical (unpaired) electrons. The fraction of sp³-hybridized carbons (Fsp3) is 0.571. The Kier molecular flexibility index (Phi) is 6.10. The van der Waals surface area contributed by atoms with Crippen LogP contribution < -0.4 is 5.32 Å². The molecule has 3 fully saturated rings. The molecule has 1 N–H and O–H groups in total. The molecule has 156 valence electrons. The Labute approximate surface area is 170 Å². The smallest absolute Gasteiger partial charge is 0.254 e. The van der Waals surface area contributed by atoms with E-state index in [4.69, 9.17) is 9.47 Å². The number of rotatable bonds is 4. The third kappa shape index (κ3) is 4.59. The van der Waals surface area contributed by atoms with E-state index in [2.05, 4.69) is 5.32 Å². The van der Waals surface area contributed by atoms with Crippen LogP contribution in [0.4, 0.5) is 5.69 Å². The van der Waals surface area contributed by atoms with Crippen molar-refractivity contribution >= 4 is 23.4 Å². The molecule has 3 saturated heterocycles. The lowest BCUT2D eigenvalue weighted by Crippen LogP contribution is -2.52. The first-order valence-electron chi connectivity index (χ1n) is 10.3. The summed E-state index contributed by atoms with van der Waals surface area (Å²) in [6.07, 6.45) is 2.58. The van der Waals surface area contributed by atoms with Gasteiger partial charge in [0, 0.05) is 50.6 Å². The number of hydrogen-bond acceptors (Lipinski definition) is 5. The Hall–Kier alpha value is -2.45. The molecule has 0 bridgehead atoms. The molecule has 1 aromatic carbocycles. The Balaban J connectivity index is 1.32. The fourth-order valence-corrected chi connectivity index (χ4v) is 4.03. The number of piperazine rings is 1. The molecule has 2 unspecified atom stereocenters. The molecular formula is C21H27N3O5. The molecule has 0 aromatic heterocycles. The van der Waals surface area contributed by atoms with E-state index in [9.17, 15) is 14.4 Å². The van der Waals surface area contributed by atoms with Crippen LogP contribution in [-0.4, -0.2) is 79.1 Å². The quantitative estimate of drug-likeness (QED) is 0.821. The van der Waals surface area contributed by atoms with Gasteiger partial charge in [0.25, 0.3) is 17.7 Å². The van der Waals surface area contributed by atoms with Crippen molar-refractivity contribution in [3.8, 4) is 0 Å². The van der Waals surface area contributed by atoms with Crippen molar-refractivity contribution < 1.29 is 23.9 Å². The maximum absolute atomic E-state index is 12.9. The highest BCUT2D eigenvalue weighted by atomic mass is 16.5. The van der Waals surface area contributed by atoms with E-state index in [1.165, 1.54) is 0 Å². The Bertz CT molecular complexity index is 763. The molecule has 4 rings (SSSR count). The van der Waals surface area contributed by atoms with E-state index in [0.717, 1.165) is 25.7 Å². The minimum absolute atomic E-state index is 0.0356. The maximum atomic E-state index is 12.9. The van der Waals surface area contributed by atoms with Crippen LogP contribution in [0.15, 0.2) is 24.3 Å². The van der Waals surface area contributed by atoms with Crippen LogP contribution in [0.1, 0.15) is 36.0 Å². The van der Waals surface area contributed by atoms with Crippen molar-refractivity contribution in [1.29, 1.82) is 0 Å². The van der Waals surface area contributed by atoms with Crippen molar-refractivity contribution in [2.75, 3.05) is 44.7 Å². The molecule has 3 aliphatic heterocycles. The minimum Gasteiger partial charge on any atom is -0.368 e. The second-order valence-electron chi connectivity index (χ2n) is 7.69. The average molecular weight is 401 g/mol. The molecule has 3 aliphatic rings. The number of nitrogens with zero attached hydrogens (tertiary/aromatic N) is 2. The third-order valence-corrected chi connectivity index (χ3v) is 5.68. The zero-order valence-electron chi connectivity index (χ0n) is 16.5. The van der Waals surface area contributed by atoms with Gasteiger partial charge in [0.1, 0.15) is 12.2 Å². The van der Waals surface area contributed by atoms with Gasteiger partial charge in [-0.25, -0.2) is 0 Å². The van der Waals surface area contributed by atoms with Crippen LogP contribution in [-0.2, 0) is 19.1 Å². The zero-order chi connectivity index (χ0) is 20.2. The topological polar surface area (TPSA) is 88.2 Å². The van der Waals surface area contributed by atoms with Crippen LogP contribution in [0.2, 0.25) is 0 Å². The molecular weight excluding hydrogens is 374 g/mol. The van der Waals surface area contributed by atoms with Crippen molar-refractivity contribution in [3.63, 3.8) is 0 Å². The number of anilines is 1. The summed E-state index contributed by atoms with van der Waals surface area (Å²) >= 11 is 0. The summed E-state index contributed by atoms with van der Waals surface area (Å²) in [7, 11) is 0. The van der Waals surface area contributed by atoms with Crippen molar-refractivity contribution in [1.82, 2.24) is 9.80 Å². The predicted molar refractivity (Wildman–Crippen MR) is 106 cm³/mol. The first kappa shape index (κ1) is 19.8. The van der Waals surface area contributed by atoms with Crippen LogP contribution in [0.25, 0.3) is 0 Å². The molecule has 8 heteroatoms. The number of ether oxygens (including phenoxy) is 2. The van der Waals surface area contributed by atoms with E-state index >= 15 is 0 Å². The van der Waals surface area contributed by atoms with Gasteiger partial charge in [0.05, 0.1) is 0 Å². The van der Waals surface area contributed by atoms with E-state index < -0.39 is 6.10 Å². The highest BCUT2D eigenvalue weighted by molar-refractivity contribution is 5.98. The van der Waals surface area contributed by atoms with E-state index in [-0.39, 0.29) is 23.8 Å². The summed E-state index contributed by atoms with van der Waals surface area (Å²) in [6.45, 7) is 3.26. The largest absolute Gasteiger partial charge is 0.368 e. The monoisotopic (exact) mass is 401 g/mol. The van der Waals surface area contributed by atoms with Crippen LogP contribution >= 0.6 is 0 Å². The first-order valence-corrected chi connectivity index (χ1v) is 10.3. The van der Waals surface area contributed by atoms with Crippen molar-refractivity contribution in [3.05, 3.63) is 29.8 Å². The van der Waals surface area contributed by atoms with Crippen LogP contribution in [0.3, 0.4) is 0 Å². The summed E-state index contributed by atoms with van der Waals surface area (Å²) in [5, 5.41) is 2.83. The highest BCUT2D eigenvalue weighted by Gasteiger charge is 2.31. The van der Waals surface area contributed by atoms with Gasteiger partial charge >= 0.3 is 0 Å². The average Bonchev–Trinajstić information content (AvgIpc) is 3.47. The molecule has 29 heavy (non-hydrogen) atoms. The van der Waals surface area contributed by atoms with Crippen LogP contribution in [0.5, 0.6) is 0 Å². The van der Waals surface area contributed by atoms with Gasteiger partial charge in [-0.05, 0) is 43.9 Å². The van der Waals surface area contributed by atoms with Gasteiger partial charge < -0.3 is 24.6 Å². The van der Waals surface area contributed by atoms with Gasteiger partial charge in [-0.3, -0.25) is 14.4 Å². The zero-order valence-corrected chi connectivity index (χ0v) is 16.5. The third-order valence-electron chi connectivity index (χ3n) is 5.68. The molecule has 0 aliphatic carbocycles. The first-order chi connectivity index (χ1) is 14.1. The Morgan fingerprint density at radius 1 is 0.897 bits per heavy atom. The summed E-state index contributed by atoms with van der Waals surface area (Å²) in [5.41, 5.74) is 1.11. The molecule has 0 spiro atoms. The van der Waals surface area contributed by atoms with E-state index in [1.807, 2.05) is 0 Å². The van der Waals surface area contributed by atoms with Gasteiger partial charge in [0.2, 0.25) is 0 Å². The second kappa shape index (κ2) is 8.92. The minimum atomic E-state index is -0.413. The number of amides is 3. The Morgan fingerprint density at radius 3 is 2.21 bits per heavy atom. The molecule has 2 atom stereocenters. The fourth-order valence-electron chi connectivity index (χ4n) is 4.03. The maximum Gasteiger partial charge on any atom is 0.254 e. The lowest BCUT2D eigenvalue weighted by molar-refractivity contribution is -0.142. The number of nitrogens with one attached hydrogen (secondary N) is 1. The van der Waals surface area contributed by atoms with Gasteiger partial charge in [-0.2, -0.15) is 0 Å². The standard InChI is InChI=1S/C21H27N3O5/c25-19(17-6-2-12-28-17)22-16-5-1-4-15(14-16)20(26)23-8-10-24(11-9-23)21(27)18-7-3-13-29-18/h1,4-5,14,17-18H,2-3,6-13H2,(H,22,25). The normalized spacial score (nSPS) is 24.6. The van der Waals surface area contributed by atoms with E-state index in [1.54, 1.807) is 34.1 Å². The molecule has 3 amide bonds. The number of carbonyl (C=O) groups is 3. The molecule has 8 nitrogen and oxygen atoms in total. The molecule has 1 aromatic rings. The van der Waals surface area contributed by atoms with Crippen molar-refractivity contribution in [2.45, 2.75) is 37.9 Å². The molecule has 0 saturated carbocycles. The van der Waals surface area contributed by atoms with Crippen LogP contribution in [0, 0.1) is 0 Å². The van der Waals surface area contributed by atoms with Gasteiger partial charge in [0.15, 0.2) is 0 Å². The summed E-state index contributed by atoms with van der Waals surface area (Å²) in [6, 6.07) is 6.96. The number of hydrogen-bond donors (Lipinski definition) is 1. The molecule has 3 heterocycles. The number of carbonyl (C=O) groups excluding carboxylic acids is 3. The second-order valence-corrected chi connectivity index (χ2v) is 7.69. The number of benzene rings is 1. The Morgan fingerprint density at radius 2 is 1.55 bits per heavy atom. The highest BCUT2D eigenvalue weighted by Crippen LogP contribution is 2.19. The summed E-state index contributed by atoms with van der Waals surface area (Å²) in [4.78, 5) is 41.1. The summed E-state index contributed by atoms with van der Waals surface area (Å²) in [5.74, 6) is -0.232. The lowest BCUT2D eigenvalue weighted by atomic mass is 10.1. The predicted octanol–water partition coefficient (Wildman–Crippen LogP) is 1.27.